The third-order valence-corrected chi connectivity index (χ3v) is 3.66. The summed E-state index contributed by atoms with van der Waals surface area (Å²) in [7, 11) is 0. The summed E-state index contributed by atoms with van der Waals surface area (Å²) in [5, 5.41) is 0.104. The lowest BCUT2D eigenvalue weighted by Crippen LogP contribution is -2.36. The van der Waals surface area contributed by atoms with Gasteiger partial charge in [-0.3, -0.25) is 0 Å². The molecule has 1 aliphatic rings. The summed E-state index contributed by atoms with van der Waals surface area (Å²) in [4.78, 5) is 9.56. The normalized spacial score (nSPS) is 17.8. The van der Waals surface area contributed by atoms with E-state index >= 15 is 0 Å². The van der Waals surface area contributed by atoms with E-state index in [1.54, 1.807) is 0 Å². The van der Waals surface area contributed by atoms with Gasteiger partial charge in [0.1, 0.15) is 0 Å². The van der Waals surface area contributed by atoms with E-state index in [0.29, 0.717) is 11.7 Å². The summed E-state index contributed by atoms with van der Waals surface area (Å²) in [6.45, 7) is 6.16. The van der Waals surface area contributed by atoms with Crippen LogP contribution in [0, 0.1) is 17.7 Å². The third-order valence-electron chi connectivity index (χ3n) is 3.48. The maximum atomic E-state index is 13.6. The Morgan fingerprint density at radius 2 is 2.06 bits per heavy atom. The van der Waals surface area contributed by atoms with E-state index < -0.39 is 5.82 Å². The Labute approximate surface area is 106 Å². The minimum Gasteiger partial charge on any atom is -0.354 e. The number of hydrogen-bond donors (Lipinski definition) is 0. The molecule has 0 radical (unpaired) electrons. The van der Waals surface area contributed by atoms with Crippen molar-refractivity contribution in [2.24, 2.45) is 11.8 Å². The SMILES string of the molecule is CC(C)C1CCN(c2nc(Cl)ncc2F)CC1. The molecule has 2 rings (SSSR count). The third kappa shape index (κ3) is 2.86. The molecule has 5 heteroatoms. The second-order valence-corrected chi connectivity index (χ2v) is 5.22. The van der Waals surface area contributed by atoms with Gasteiger partial charge in [0.15, 0.2) is 11.6 Å². The van der Waals surface area contributed by atoms with Crippen molar-refractivity contribution >= 4 is 17.4 Å². The lowest BCUT2D eigenvalue weighted by Gasteiger charge is -2.34. The zero-order chi connectivity index (χ0) is 12.4. The largest absolute Gasteiger partial charge is 0.354 e. The molecule has 0 spiro atoms. The van der Waals surface area contributed by atoms with Crippen LogP contribution >= 0.6 is 11.6 Å². The minimum atomic E-state index is -0.391. The standard InChI is InChI=1S/C12H17ClFN3/c1-8(2)9-3-5-17(6-4-9)11-10(14)7-15-12(13)16-11/h7-9H,3-6H2,1-2H3. The van der Waals surface area contributed by atoms with Crippen LogP contribution in [0.15, 0.2) is 6.20 Å². The predicted octanol–water partition coefficient (Wildman–Crippen LogP) is 3.14. The van der Waals surface area contributed by atoms with Crippen LogP contribution < -0.4 is 4.90 Å². The van der Waals surface area contributed by atoms with Crippen molar-refractivity contribution in [2.45, 2.75) is 26.7 Å². The van der Waals surface area contributed by atoms with E-state index in [2.05, 4.69) is 23.8 Å². The van der Waals surface area contributed by atoms with Gasteiger partial charge < -0.3 is 4.90 Å². The molecule has 94 valence electrons. The Morgan fingerprint density at radius 1 is 1.41 bits per heavy atom. The molecular weight excluding hydrogens is 241 g/mol. The highest BCUT2D eigenvalue weighted by atomic mass is 35.5. The van der Waals surface area contributed by atoms with Gasteiger partial charge >= 0.3 is 0 Å². The smallest absolute Gasteiger partial charge is 0.224 e. The highest BCUT2D eigenvalue weighted by molar-refractivity contribution is 6.28. The molecule has 0 amide bonds. The van der Waals surface area contributed by atoms with Gasteiger partial charge in [0, 0.05) is 13.1 Å². The first-order valence-corrected chi connectivity index (χ1v) is 6.38. The van der Waals surface area contributed by atoms with E-state index in [-0.39, 0.29) is 5.28 Å². The molecule has 0 unspecified atom stereocenters. The Bertz CT molecular complexity index is 389. The maximum Gasteiger partial charge on any atom is 0.224 e. The van der Waals surface area contributed by atoms with Crippen LogP contribution in [0.3, 0.4) is 0 Å². The van der Waals surface area contributed by atoms with Crippen molar-refractivity contribution < 1.29 is 4.39 Å². The van der Waals surface area contributed by atoms with Gasteiger partial charge in [-0.05, 0) is 36.3 Å². The van der Waals surface area contributed by atoms with Gasteiger partial charge in [-0.15, -0.1) is 0 Å². The average Bonchev–Trinajstić information content (AvgIpc) is 2.32. The molecule has 0 N–H and O–H groups in total. The molecule has 0 atom stereocenters. The number of hydrogen-bond acceptors (Lipinski definition) is 3. The van der Waals surface area contributed by atoms with E-state index in [4.69, 9.17) is 11.6 Å². The van der Waals surface area contributed by atoms with Gasteiger partial charge in [0.2, 0.25) is 5.28 Å². The molecule has 0 saturated carbocycles. The van der Waals surface area contributed by atoms with Gasteiger partial charge in [-0.2, -0.15) is 4.98 Å². The van der Waals surface area contributed by atoms with Crippen LogP contribution in [-0.4, -0.2) is 23.1 Å². The Morgan fingerprint density at radius 3 is 2.65 bits per heavy atom. The van der Waals surface area contributed by atoms with Crippen LogP contribution in [-0.2, 0) is 0 Å². The Hall–Kier alpha value is -0.900. The summed E-state index contributed by atoms with van der Waals surface area (Å²) in [5.41, 5.74) is 0. The number of rotatable bonds is 2. The van der Waals surface area contributed by atoms with Crippen molar-refractivity contribution in [1.29, 1.82) is 0 Å². The van der Waals surface area contributed by atoms with Gasteiger partial charge in [0.05, 0.1) is 6.20 Å². The van der Waals surface area contributed by atoms with Crippen LogP contribution in [0.5, 0.6) is 0 Å². The zero-order valence-electron chi connectivity index (χ0n) is 10.2. The van der Waals surface area contributed by atoms with Gasteiger partial charge in [-0.1, -0.05) is 13.8 Å². The highest BCUT2D eigenvalue weighted by Gasteiger charge is 2.24. The summed E-state index contributed by atoms with van der Waals surface area (Å²) in [6, 6.07) is 0. The molecule has 0 aromatic carbocycles. The average molecular weight is 258 g/mol. The first-order chi connectivity index (χ1) is 8.08. The fourth-order valence-electron chi connectivity index (χ4n) is 2.34. The van der Waals surface area contributed by atoms with Crippen molar-refractivity contribution in [3.8, 4) is 0 Å². The Kier molecular flexibility index (Phi) is 3.82. The summed E-state index contributed by atoms with van der Waals surface area (Å²) in [5.74, 6) is 1.37. The number of aromatic nitrogens is 2. The van der Waals surface area contributed by atoms with Crippen molar-refractivity contribution in [1.82, 2.24) is 9.97 Å². The first-order valence-electron chi connectivity index (χ1n) is 6.01. The molecule has 0 bridgehead atoms. The van der Waals surface area contributed by atoms with Gasteiger partial charge in [-0.25, -0.2) is 9.37 Å². The molecule has 0 aliphatic carbocycles. The number of piperidine rings is 1. The van der Waals surface area contributed by atoms with E-state index in [1.807, 2.05) is 4.90 Å². The number of halogens is 2. The zero-order valence-corrected chi connectivity index (χ0v) is 10.9. The minimum absolute atomic E-state index is 0.104. The van der Waals surface area contributed by atoms with Crippen LogP contribution in [0.4, 0.5) is 10.2 Å². The number of nitrogens with zero attached hydrogens (tertiary/aromatic N) is 3. The second-order valence-electron chi connectivity index (χ2n) is 4.88. The van der Waals surface area contributed by atoms with E-state index in [1.165, 1.54) is 0 Å². The lowest BCUT2D eigenvalue weighted by molar-refractivity contribution is 0.309. The number of anilines is 1. The lowest BCUT2D eigenvalue weighted by atomic mass is 9.87. The molecule has 1 aromatic heterocycles. The maximum absolute atomic E-state index is 13.6. The summed E-state index contributed by atoms with van der Waals surface area (Å²) >= 11 is 5.70. The molecule has 1 fully saturated rings. The molecule has 1 saturated heterocycles. The van der Waals surface area contributed by atoms with Crippen molar-refractivity contribution in [2.75, 3.05) is 18.0 Å². The predicted molar refractivity (Wildman–Crippen MR) is 66.8 cm³/mol. The topological polar surface area (TPSA) is 29.0 Å². The van der Waals surface area contributed by atoms with Gasteiger partial charge in [0.25, 0.3) is 0 Å². The quantitative estimate of drug-likeness (QED) is 0.762. The molecule has 17 heavy (non-hydrogen) atoms. The molecule has 1 aromatic rings. The first kappa shape index (κ1) is 12.6. The fraction of sp³-hybridized carbons (Fsp3) is 0.667. The molecule has 1 aliphatic heterocycles. The molecule has 2 heterocycles. The second kappa shape index (κ2) is 5.17. The Balaban J connectivity index is 2.07. The van der Waals surface area contributed by atoms with Crippen LogP contribution in [0.1, 0.15) is 26.7 Å². The highest BCUT2D eigenvalue weighted by Crippen LogP contribution is 2.28. The fourth-order valence-corrected chi connectivity index (χ4v) is 2.47. The van der Waals surface area contributed by atoms with E-state index in [0.717, 1.165) is 38.0 Å². The van der Waals surface area contributed by atoms with Crippen molar-refractivity contribution in [3.63, 3.8) is 0 Å². The van der Waals surface area contributed by atoms with E-state index in [9.17, 15) is 4.39 Å². The molecule has 3 nitrogen and oxygen atoms in total. The summed E-state index contributed by atoms with van der Waals surface area (Å²) < 4.78 is 13.6. The van der Waals surface area contributed by atoms with Crippen molar-refractivity contribution in [3.05, 3.63) is 17.3 Å². The van der Waals surface area contributed by atoms with Crippen LogP contribution in [0.25, 0.3) is 0 Å². The summed E-state index contributed by atoms with van der Waals surface area (Å²) in [6.07, 6.45) is 3.30. The van der Waals surface area contributed by atoms with Crippen LogP contribution in [0.2, 0.25) is 5.28 Å². The monoisotopic (exact) mass is 257 g/mol. The molecular formula is C12H17ClFN3.